The second-order valence-electron chi connectivity index (χ2n) is 4.54. The van der Waals surface area contributed by atoms with E-state index in [9.17, 15) is 18.0 Å². The molecular formula is C16H14F3NO3. The smallest absolute Gasteiger partial charge is 0.418 e. The van der Waals surface area contributed by atoms with Gasteiger partial charge in [-0.05, 0) is 24.3 Å². The third-order valence-corrected chi connectivity index (χ3v) is 3.13. The molecule has 0 aliphatic rings. The number of ether oxygens (including phenoxy) is 2. The molecule has 0 saturated carbocycles. The van der Waals surface area contributed by atoms with Gasteiger partial charge in [-0.15, -0.1) is 0 Å². The topological polar surface area (TPSA) is 47.6 Å². The van der Waals surface area contributed by atoms with Crippen LogP contribution in [0.3, 0.4) is 0 Å². The van der Waals surface area contributed by atoms with Crippen molar-refractivity contribution in [3.8, 4) is 11.5 Å². The number of methoxy groups -OCH3 is 2. The van der Waals surface area contributed by atoms with E-state index < -0.39 is 17.6 Å². The summed E-state index contributed by atoms with van der Waals surface area (Å²) in [6, 6.07) is 9.32. The molecule has 0 aliphatic carbocycles. The van der Waals surface area contributed by atoms with Crippen molar-refractivity contribution >= 4 is 11.6 Å². The zero-order valence-electron chi connectivity index (χ0n) is 12.4. The van der Waals surface area contributed by atoms with Crippen molar-refractivity contribution in [3.05, 3.63) is 53.6 Å². The number of hydrogen-bond acceptors (Lipinski definition) is 3. The summed E-state index contributed by atoms with van der Waals surface area (Å²) >= 11 is 0. The van der Waals surface area contributed by atoms with Gasteiger partial charge in [0.2, 0.25) is 0 Å². The molecule has 0 fully saturated rings. The first-order valence-corrected chi connectivity index (χ1v) is 6.57. The van der Waals surface area contributed by atoms with Crippen LogP contribution in [0.15, 0.2) is 42.5 Å². The van der Waals surface area contributed by atoms with Crippen LogP contribution < -0.4 is 14.8 Å². The van der Waals surface area contributed by atoms with Gasteiger partial charge in [0.05, 0.1) is 31.0 Å². The first-order chi connectivity index (χ1) is 10.9. The Morgan fingerprint density at radius 2 is 1.70 bits per heavy atom. The summed E-state index contributed by atoms with van der Waals surface area (Å²) < 4.78 is 49.1. The molecule has 0 spiro atoms. The van der Waals surface area contributed by atoms with Crippen molar-refractivity contribution in [1.29, 1.82) is 0 Å². The van der Waals surface area contributed by atoms with Crippen LogP contribution in [0.25, 0.3) is 0 Å². The standard InChI is InChI=1S/C16H14F3NO3/c1-22-13-9-5-6-10(14(13)23-2)15(21)20-12-8-4-3-7-11(12)16(17,18)19/h3-9H,1-2H3,(H,20,21). The van der Waals surface area contributed by atoms with Crippen LogP contribution in [0.1, 0.15) is 15.9 Å². The molecular weight excluding hydrogens is 311 g/mol. The molecule has 2 aromatic rings. The second kappa shape index (κ2) is 6.60. The van der Waals surface area contributed by atoms with E-state index in [2.05, 4.69) is 5.32 Å². The SMILES string of the molecule is COc1cccc(C(=O)Nc2ccccc2C(F)(F)F)c1OC. The fraction of sp³-hybridized carbons (Fsp3) is 0.188. The van der Waals surface area contributed by atoms with Crippen molar-refractivity contribution in [1.82, 2.24) is 0 Å². The molecule has 1 N–H and O–H groups in total. The number of nitrogens with one attached hydrogen (secondary N) is 1. The van der Waals surface area contributed by atoms with Gasteiger partial charge in [-0.3, -0.25) is 4.79 Å². The lowest BCUT2D eigenvalue weighted by Crippen LogP contribution is -2.17. The maximum Gasteiger partial charge on any atom is 0.418 e. The third-order valence-electron chi connectivity index (χ3n) is 3.13. The second-order valence-corrected chi connectivity index (χ2v) is 4.54. The maximum atomic E-state index is 13.0. The Labute approximate surface area is 130 Å². The quantitative estimate of drug-likeness (QED) is 0.925. The zero-order chi connectivity index (χ0) is 17.0. The average molecular weight is 325 g/mol. The number of halogens is 3. The minimum Gasteiger partial charge on any atom is -0.493 e. The molecule has 0 unspecified atom stereocenters. The molecule has 0 saturated heterocycles. The Morgan fingerprint density at radius 1 is 1.00 bits per heavy atom. The molecule has 23 heavy (non-hydrogen) atoms. The Morgan fingerprint density at radius 3 is 2.30 bits per heavy atom. The van der Waals surface area contributed by atoms with E-state index in [4.69, 9.17) is 9.47 Å². The fourth-order valence-corrected chi connectivity index (χ4v) is 2.09. The van der Waals surface area contributed by atoms with Gasteiger partial charge in [-0.1, -0.05) is 18.2 Å². The van der Waals surface area contributed by atoms with Gasteiger partial charge in [0, 0.05) is 0 Å². The minimum atomic E-state index is -4.57. The number of rotatable bonds is 4. The van der Waals surface area contributed by atoms with E-state index in [1.54, 1.807) is 12.1 Å². The van der Waals surface area contributed by atoms with Crippen LogP contribution in [-0.4, -0.2) is 20.1 Å². The highest BCUT2D eigenvalue weighted by Gasteiger charge is 2.33. The summed E-state index contributed by atoms with van der Waals surface area (Å²) in [7, 11) is 2.75. The third kappa shape index (κ3) is 3.56. The van der Waals surface area contributed by atoms with Crippen LogP contribution >= 0.6 is 0 Å². The van der Waals surface area contributed by atoms with E-state index in [-0.39, 0.29) is 17.0 Å². The first kappa shape index (κ1) is 16.7. The van der Waals surface area contributed by atoms with Gasteiger partial charge in [0.15, 0.2) is 11.5 Å². The molecule has 0 aromatic heterocycles. The van der Waals surface area contributed by atoms with E-state index >= 15 is 0 Å². The van der Waals surface area contributed by atoms with Gasteiger partial charge in [-0.2, -0.15) is 13.2 Å². The van der Waals surface area contributed by atoms with Crippen molar-refractivity contribution < 1.29 is 27.4 Å². The van der Waals surface area contributed by atoms with E-state index in [1.807, 2.05) is 0 Å². The molecule has 0 aliphatic heterocycles. The van der Waals surface area contributed by atoms with Gasteiger partial charge in [-0.25, -0.2) is 0 Å². The lowest BCUT2D eigenvalue weighted by molar-refractivity contribution is -0.136. The minimum absolute atomic E-state index is 0.0730. The van der Waals surface area contributed by atoms with Gasteiger partial charge in [0.25, 0.3) is 5.91 Å². The number of alkyl halides is 3. The van der Waals surface area contributed by atoms with Gasteiger partial charge >= 0.3 is 6.18 Å². The van der Waals surface area contributed by atoms with Crippen LogP contribution in [0.4, 0.5) is 18.9 Å². The summed E-state index contributed by atoms with van der Waals surface area (Å²) in [5.41, 5.74) is -1.17. The van der Waals surface area contributed by atoms with Crippen LogP contribution in [-0.2, 0) is 6.18 Å². The largest absolute Gasteiger partial charge is 0.493 e. The lowest BCUT2D eigenvalue weighted by atomic mass is 10.1. The van der Waals surface area contributed by atoms with Gasteiger partial charge < -0.3 is 14.8 Å². The zero-order valence-corrected chi connectivity index (χ0v) is 12.4. The molecule has 0 atom stereocenters. The number of anilines is 1. The number of hydrogen-bond donors (Lipinski definition) is 1. The van der Waals surface area contributed by atoms with Crippen LogP contribution in [0.2, 0.25) is 0 Å². The van der Waals surface area contributed by atoms with Gasteiger partial charge in [0.1, 0.15) is 0 Å². The lowest BCUT2D eigenvalue weighted by Gasteiger charge is -2.15. The predicted molar refractivity (Wildman–Crippen MR) is 78.9 cm³/mol. The summed E-state index contributed by atoms with van der Waals surface area (Å²) in [5, 5.41) is 2.26. The number of carbonyl (C=O) groups excluding carboxylic acids is 1. The highest BCUT2D eigenvalue weighted by Crippen LogP contribution is 2.36. The van der Waals surface area contributed by atoms with Crippen molar-refractivity contribution in [2.75, 3.05) is 19.5 Å². The molecule has 2 aromatic carbocycles. The molecule has 2 rings (SSSR count). The van der Waals surface area contributed by atoms with E-state index in [0.717, 1.165) is 6.07 Å². The summed E-state index contributed by atoms with van der Waals surface area (Å²) in [5.74, 6) is -0.265. The molecule has 0 radical (unpaired) electrons. The fourth-order valence-electron chi connectivity index (χ4n) is 2.09. The first-order valence-electron chi connectivity index (χ1n) is 6.57. The molecule has 122 valence electrons. The average Bonchev–Trinajstić information content (AvgIpc) is 2.53. The highest BCUT2D eigenvalue weighted by molar-refractivity contribution is 6.07. The maximum absolute atomic E-state index is 13.0. The Hall–Kier alpha value is -2.70. The highest BCUT2D eigenvalue weighted by atomic mass is 19.4. The van der Waals surface area contributed by atoms with E-state index in [1.165, 1.54) is 38.5 Å². The van der Waals surface area contributed by atoms with Crippen molar-refractivity contribution in [2.24, 2.45) is 0 Å². The molecule has 1 amide bonds. The normalized spacial score (nSPS) is 11.0. The van der Waals surface area contributed by atoms with Crippen LogP contribution in [0.5, 0.6) is 11.5 Å². The summed E-state index contributed by atoms with van der Waals surface area (Å²) in [6.07, 6.45) is -4.57. The summed E-state index contributed by atoms with van der Waals surface area (Å²) in [4.78, 5) is 12.3. The number of amides is 1. The Bertz CT molecular complexity index is 714. The summed E-state index contributed by atoms with van der Waals surface area (Å²) in [6.45, 7) is 0. The Kier molecular flexibility index (Phi) is 4.78. The molecule has 7 heteroatoms. The molecule has 0 heterocycles. The molecule has 0 bridgehead atoms. The molecule has 4 nitrogen and oxygen atoms in total. The van der Waals surface area contributed by atoms with Crippen molar-refractivity contribution in [2.45, 2.75) is 6.18 Å². The monoisotopic (exact) mass is 325 g/mol. The number of carbonyl (C=O) groups is 1. The van der Waals surface area contributed by atoms with Crippen molar-refractivity contribution in [3.63, 3.8) is 0 Å². The predicted octanol–water partition coefficient (Wildman–Crippen LogP) is 3.97. The number of para-hydroxylation sites is 2. The van der Waals surface area contributed by atoms with Crippen LogP contribution in [0, 0.1) is 0 Å². The number of benzene rings is 2. The Balaban J connectivity index is 2.38. The van der Waals surface area contributed by atoms with E-state index in [0.29, 0.717) is 5.75 Å².